The van der Waals surface area contributed by atoms with Crippen LogP contribution < -0.4 is 0 Å². The molecule has 0 aromatic carbocycles. The molecule has 0 radical (unpaired) electrons. The Morgan fingerprint density at radius 1 is 0.944 bits per heavy atom. The van der Waals surface area contributed by atoms with Gasteiger partial charge in [0.05, 0.1) is 32.0 Å². The summed E-state index contributed by atoms with van der Waals surface area (Å²) in [7, 11) is 0. The highest BCUT2D eigenvalue weighted by Crippen LogP contribution is 2.26. The summed E-state index contributed by atoms with van der Waals surface area (Å²) in [5.74, 6) is -1.45. The normalized spacial score (nSPS) is 15.2. The molecule has 0 saturated carbocycles. The molecule has 0 aliphatic rings. The van der Waals surface area contributed by atoms with Crippen molar-refractivity contribution in [2.45, 2.75) is 59.0 Å². The van der Waals surface area contributed by atoms with Crippen LogP contribution in [-0.4, -0.2) is 53.1 Å². The summed E-state index contributed by atoms with van der Waals surface area (Å²) in [6.07, 6.45) is -0.0755. The molecule has 0 bridgehead atoms. The van der Waals surface area contributed by atoms with Crippen molar-refractivity contribution in [3.63, 3.8) is 0 Å². The van der Waals surface area contributed by atoms with Gasteiger partial charge in [0.15, 0.2) is 0 Å². The third-order valence-corrected chi connectivity index (χ3v) is 2.36. The molecule has 0 rings (SSSR count). The zero-order valence-electron chi connectivity index (χ0n) is 12.1. The van der Waals surface area contributed by atoms with Gasteiger partial charge in [0.1, 0.15) is 0 Å². The Labute approximate surface area is 110 Å². The zero-order chi connectivity index (χ0) is 14.4. The minimum atomic E-state index is -1.45. The molecular formula is C13H28O5. The molecule has 110 valence electrons. The van der Waals surface area contributed by atoms with Crippen molar-refractivity contribution < 1.29 is 24.8 Å². The van der Waals surface area contributed by atoms with E-state index in [0.717, 1.165) is 0 Å². The van der Waals surface area contributed by atoms with Crippen molar-refractivity contribution in [3.05, 3.63) is 0 Å². The van der Waals surface area contributed by atoms with Crippen molar-refractivity contribution >= 4 is 0 Å². The zero-order valence-corrected chi connectivity index (χ0v) is 12.1. The molecule has 1 unspecified atom stereocenters. The molecule has 5 heteroatoms. The highest BCUT2D eigenvalue weighted by atomic mass is 16.7. The van der Waals surface area contributed by atoms with E-state index < -0.39 is 25.1 Å². The smallest absolute Gasteiger partial charge is 0.216 e. The molecule has 0 aliphatic carbocycles. The van der Waals surface area contributed by atoms with E-state index in [4.69, 9.17) is 9.47 Å². The van der Waals surface area contributed by atoms with Crippen LogP contribution >= 0.6 is 0 Å². The number of ether oxygens (including phenoxy) is 2. The second-order valence-electron chi connectivity index (χ2n) is 6.08. The molecule has 5 nitrogen and oxygen atoms in total. The molecule has 0 aliphatic heterocycles. The maximum absolute atomic E-state index is 9.38. The van der Waals surface area contributed by atoms with E-state index in [-0.39, 0.29) is 18.1 Å². The van der Waals surface area contributed by atoms with E-state index in [9.17, 15) is 15.3 Å². The third kappa shape index (κ3) is 6.66. The molecule has 0 aromatic heterocycles. The van der Waals surface area contributed by atoms with Crippen LogP contribution in [0.3, 0.4) is 0 Å². The summed E-state index contributed by atoms with van der Waals surface area (Å²) in [6.45, 7) is 8.58. The number of hydrogen-bond donors (Lipinski definition) is 3. The lowest BCUT2D eigenvalue weighted by Gasteiger charge is -2.36. The van der Waals surface area contributed by atoms with Crippen LogP contribution in [0.5, 0.6) is 0 Å². The number of aliphatic hydroxyl groups is 3. The Morgan fingerprint density at radius 3 is 1.72 bits per heavy atom. The monoisotopic (exact) mass is 264 g/mol. The quantitative estimate of drug-likeness (QED) is 0.568. The van der Waals surface area contributed by atoms with Crippen LogP contribution in [0.4, 0.5) is 0 Å². The van der Waals surface area contributed by atoms with Crippen molar-refractivity contribution in [1.29, 1.82) is 0 Å². The van der Waals surface area contributed by atoms with Gasteiger partial charge in [-0.2, -0.15) is 0 Å². The molecule has 0 fully saturated rings. The van der Waals surface area contributed by atoms with E-state index in [2.05, 4.69) is 0 Å². The Balaban J connectivity index is 4.72. The molecule has 0 amide bonds. The van der Waals surface area contributed by atoms with E-state index >= 15 is 0 Å². The van der Waals surface area contributed by atoms with E-state index in [1.165, 1.54) is 0 Å². The highest BCUT2D eigenvalue weighted by Gasteiger charge is 2.36. The van der Waals surface area contributed by atoms with Crippen LogP contribution in [0.15, 0.2) is 0 Å². The second kappa shape index (κ2) is 7.40. The largest absolute Gasteiger partial charge is 0.394 e. The fourth-order valence-corrected chi connectivity index (χ4v) is 1.79. The van der Waals surface area contributed by atoms with Gasteiger partial charge in [-0.3, -0.25) is 0 Å². The van der Waals surface area contributed by atoms with Crippen LogP contribution in [0.2, 0.25) is 0 Å². The topological polar surface area (TPSA) is 79.2 Å². The van der Waals surface area contributed by atoms with Gasteiger partial charge in [0, 0.05) is 0 Å². The van der Waals surface area contributed by atoms with Crippen molar-refractivity contribution in [2.24, 2.45) is 5.41 Å². The summed E-state index contributed by atoms with van der Waals surface area (Å²) in [6, 6.07) is 0. The Hall–Kier alpha value is -0.200. The van der Waals surface area contributed by atoms with Gasteiger partial charge in [-0.15, -0.1) is 0 Å². The maximum Gasteiger partial charge on any atom is 0.216 e. The van der Waals surface area contributed by atoms with Crippen molar-refractivity contribution in [2.75, 3.05) is 19.8 Å². The average Bonchev–Trinajstić information content (AvgIpc) is 2.24. The fourth-order valence-electron chi connectivity index (χ4n) is 1.79. The van der Waals surface area contributed by atoms with Gasteiger partial charge in [-0.05, 0) is 25.7 Å². The first-order chi connectivity index (χ1) is 8.18. The van der Waals surface area contributed by atoms with Gasteiger partial charge in [-0.1, -0.05) is 20.8 Å². The van der Waals surface area contributed by atoms with Crippen LogP contribution in [-0.2, 0) is 9.47 Å². The standard InChI is InChI=1S/C13H28O5/c1-10(2)17-13(8-15,9-16)18-11(7-14)6-12(3,4)5/h10-11,14-16H,6-9H2,1-5H3. The Morgan fingerprint density at radius 2 is 1.44 bits per heavy atom. The summed E-state index contributed by atoms with van der Waals surface area (Å²) in [5, 5.41) is 28.1. The summed E-state index contributed by atoms with van der Waals surface area (Å²) in [4.78, 5) is 0. The molecule has 0 spiro atoms. The summed E-state index contributed by atoms with van der Waals surface area (Å²) < 4.78 is 11.1. The van der Waals surface area contributed by atoms with E-state index in [1.54, 1.807) is 13.8 Å². The van der Waals surface area contributed by atoms with E-state index in [0.29, 0.717) is 6.42 Å². The molecule has 0 aromatic rings. The van der Waals surface area contributed by atoms with Crippen molar-refractivity contribution in [3.8, 4) is 0 Å². The molecule has 1 atom stereocenters. The lowest BCUT2D eigenvalue weighted by atomic mass is 9.89. The predicted octanol–water partition coefficient (Wildman–Crippen LogP) is 0.906. The number of aliphatic hydroxyl groups excluding tert-OH is 3. The van der Waals surface area contributed by atoms with Crippen molar-refractivity contribution in [1.82, 2.24) is 0 Å². The first kappa shape index (κ1) is 17.8. The summed E-state index contributed by atoms with van der Waals surface area (Å²) >= 11 is 0. The van der Waals surface area contributed by atoms with Gasteiger partial charge in [0.2, 0.25) is 5.79 Å². The van der Waals surface area contributed by atoms with Gasteiger partial charge in [-0.25, -0.2) is 0 Å². The average molecular weight is 264 g/mol. The van der Waals surface area contributed by atoms with Crippen LogP contribution in [0.1, 0.15) is 41.0 Å². The predicted molar refractivity (Wildman–Crippen MR) is 69.2 cm³/mol. The molecule has 0 saturated heterocycles. The minimum absolute atomic E-state index is 0.0259. The molecule has 3 N–H and O–H groups in total. The first-order valence-electron chi connectivity index (χ1n) is 6.36. The molecule has 0 heterocycles. The Bertz CT molecular complexity index is 218. The second-order valence-corrected chi connectivity index (χ2v) is 6.08. The highest BCUT2D eigenvalue weighted by molar-refractivity contribution is 4.75. The Kier molecular flexibility index (Phi) is 7.32. The molecule has 18 heavy (non-hydrogen) atoms. The van der Waals surface area contributed by atoms with Gasteiger partial charge >= 0.3 is 0 Å². The van der Waals surface area contributed by atoms with Gasteiger partial charge < -0.3 is 24.8 Å². The molecular weight excluding hydrogens is 236 g/mol. The maximum atomic E-state index is 9.38. The fraction of sp³-hybridized carbons (Fsp3) is 1.00. The lowest BCUT2D eigenvalue weighted by molar-refractivity contribution is -0.307. The first-order valence-corrected chi connectivity index (χ1v) is 6.36. The van der Waals surface area contributed by atoms with Gasteiger partial charge in [0.25, 0.3) is 0 Å². The number of hydrogen-bond acceptors (Lipinski definition) is 5. The minimum Gasteiger partial charge on any atom is -0.394 e. The van der Waals surface area contributed by atoms with E-state index in [1.807, 2.05) is 20.8 Å². The third-order valence-electron chi connectivity index (χ3n) is 2.36. The van der Waals surface area contributed by atoms with Crippen LogP contribution in [0.25, 0.3) is 0 Å². The van der Waals surface area contributed by atoms with Crippen LogP contribution in [0, 0.1) is 5.41 Å². The SMILES string of the molecule is CC(C)OC(CO)(CO)OC(CO)CC(C)(C)C. The lowest BCUT2D eigenvalue weighted by Crippen LogP contribution is -2.49. The number of rotatable bonds is 8. The summed E-state index contributed by atoms with van der Waals surface area (Å²) in [5.41, 5.74) is -0.0259.